The summed E-state index contributed by atoms with van der Waals surface area (Å²) in [6.45, 7) is 4.88. The SMILES string of the molecule is CCn1ncc(NC(=O)NC23CC4CC(CC(C4)C2)C3)c1C. The molecule has 1 aromatic rings. The lowest BCUT2D eigenvalue weighted by molar-refractivity contribution is -0.0127. The van der Waals surface area contributed by atoms with Gasteiger partial charge in [0.1, 0.15) is 0 Å². The van der Waals surface area contributed by atoms with Gasteiger partial charge in [0.2, 0.25) is 0 Å². The molecular formula is C17H26N4O. The van der Waals surface area contributed by atoms with E-state index in [1.165, 1.54) is 38.5 Å². The first kappa shape index (κ1) is 14.1. The minimum Gasteiger partial charge on any atom is -0.332 e. The third-order valence-electron chi connectivity index (χ3n) is 6.07. The van der Waals surface area contributed by atoms with E-state index >= 15 is 0 Å². The van der Waals surface area contributed by atoms with Crippen molar-refractivity contribution in [3.8, 4) is 0 Å². The van der Waals surface area contributed by atoms with Gasteiger partial charge in [0.05, 0.1) is 17.6 Å². The zero-order valence-corrected chi connectivity index (χ0v) is 13.6. The lowest BCUT2D eigenvalue weighted by Crippen LogP contribution is -2.60. The van der Waals surface area contributed by atoms with Gasteiger partial charge in [0.15, 0.2) is 0 Å². The first-order valence-corrected chi connectivity index (χ1v) is 8.68. The number of hydrogen-bond donors (Lipinski definition) is 2. The van der Waals surface area contributed by atoms with E-state index in [4.69, 9.17) is 0 Å². The molecule has 4 aliphatic rings. The number of aromatic nitrogens is 2. The second-order valence-corrected chi connectivity index (χ2v) is 7.74. The third-order valence-corrected chi connectivity index (χ3v) is 6.07. The number of carbonyl (C=O) groups is 1. The molecule has 4 bridgehead atoms. The number of nitrogens with zero attached hydrogens (tertiary/aromatic N) is 2. The number of rotatable bonds is 3. The van der Waals surface area contributed by atoms with Crippen molar-refractivity contribution in [1.29, 1.82) is 0 Å². The Hall–Kier alpha value is -1.52. The Morgan fingerprint density at radius 3 is 2.36 bits per heavy atom. The summed E-state index contributed by atoms with van der Waals surface area (Å²) in [5.41, 5.74) is 1.90. The van der Waals surface area contributed by atoms with E-state index in [0.29, 0.717) is 0 Å². The summed E-state index contributed by atoms with van der Waals surface area (Å²) in [6.07, 6.45) is 9.47. The Morgan fingerprint density at radius 2 is 1.86 bits per heavy atom. The topological polar surface area (TPSA) is 59.0 Å². The van der Waals surface area contributed by atoms with Crippen LogP contribution in [-0.4, -0.2) is 21.4 Å². The van der Waals surface area contributed by atoms with Crippen LogP contribution in [0.2, 0.25) is 0 Å². The van der Waals surface area contributed by atoms with E-state index in [2.05, 4.69) is 22.7 Å². The molecule has 4 aliphatic carbocycles. The smallest absolute Gasteiger partial charge is 0.319 e. The van der Waals surface area contributed by atoms with Crippen molar-refractivity contribution in [2.75, 3.05) is 5.32 Å². The standard InChI is InChI=1S/C17H26N4O/c1-3-21-11(2)15(10-18-21)19-16(22)20-17-7-12-4-13(8-17)6-14(5-12)9-17/h10,12-14H,3-9H2,1-2H3,(H2,19,20,22). The number of carbonyl (C=O) groups excluding carboxylic acids is 1. The highest BCUT2D eigenvalue weighted by molar-refractivity contribution is 5.90. The van der Waals surface area contributed by atoms with Crippen molar-refractivity contribution >= 4 is 11.7 Å². The van der Waals surface area contributed by atoms with Crippen molar-refractivity contribution in [1.82, 2.24) is 15.1 Å². The lowest BCUT2D eigenvalue weighted by Gasteiger charge is -2.56. The van der Waals surface area contributed by atoms with Crippen LogP contribution in [0, 0.1) is 24.7 Å². The fraction of sp³-hybridized carbons (Fsp3) is 0.765. The predicted octanol–water partition coefficient (Wildman–Crippen LogP) is 3.30. The zero-order valence-electron chi connectivity index (χ0n) is 13.6. The first-order valence-electron chi connectivity index (χ1n) is 8.68. The van der Waals surface area contributed by atoms with Gasteiger partial charge >= 0.3 is 6.03 Å². The van der Waals surface area contributed by atoms with E-state index < -0.39 is 0 Å². The molecular weight excluding hydrogens is 276 g/mol. The number of urea groups is 1. The molecule has 5 heteroatoms. The van der Waals surface area contributed by atoms with Crippen molar-refractivity contribution in [3.63, 3.8) is 0 Å². The van der Waals surface area contributed by atoms with Gasteiger partial charge in [-0.2, -0.15) is 5.10 Å². The molecule has 1 aromatic heterocycles. The largest absolute Gasteiger partial charge is 0.332 e. The fourth-order valence-corrected chi connectivity index (χ4v) is 5.55. The van der Waals surface area contributed by atoms with Gasteiger partial charge in [0.25, 0.3) is 0 Å². The van der Waals surface area contributed by atoms with Crippen LogP contribution in [0.5, 0.6) is 0 Å². The maximum Gasteiger partial charge on any atom is 0.319 e. The molecule has 4 fully saturated rings. The predicted molar refractivity (Wildman–Crippen MR) is 85.7 cm³/mol. The number of nitrogens with one attached hydrogen (secondary N) is 2. The Morgan fingerprint density at radius 1 is 1.27 bits per heavy atom. The molecule has 0 radical (unpaired) electrons. The van der Waals surface area contributed by atoms with Gasteiger partial charge in [0, 0.05) is 12.1 Å². The van der Waals surface area contributed by atoms with Crippen molar-refractivity contribution in [2.45, 2.75) is 64.5 Å². The summed E-state index contributed by atoms with van der Waals surface area (Å²) in [7, 11) is 0. The van der Waals surface area contributed by atoms with Gasteiger partial charge in [-0.15, -0.1) is 0 Å². The van der Waals surface area contributed by atoms with Gasteiger partial charge in [-0.1, -0.05) is 0 Å². The molecule has 0 aliphatic heterocycles. The molecule has 2 N–H and O–H groups in total. The normalized spacial score (nSPS) is 35.6. The molecule has 0 saturated heterocycles. The number of aryl methyl sites for hydroxylation is 1. The highest BCUT2D eigenvalue weighted by Gasteiger charge is 2.51. The van der Waals surface area contributed by atoms with Gasteiger partial charge in [-0.3, -0.25) is 4.68 Å². The Balaban J connectivity index is 1.44. The minimum atomic E-state index is -0.0549. The summed E-state index contributed by atoms with van der Waals surface area (Å²) >= 11 is 0. The third kappa shape index (κ3) is 2.31. The maximum atomic E-state index is 12.5. The van der Waals surface area contributed by atoms with Crippen LogP contribution in [0.1, 0.15) is 51.1 Å². The van der Waals surface area contributed by atoms with Crippen LogP contribution in [-0.2, 0) is 6.54 Å². The Bertz CT molecular complexity index is 556. The fourth-order valence-electron chi connectivity index (χ4n) is 5.55. The lowest BCUT2D eigenvalue weighted by atomic mass is 9.53. The Kier molecular flexibility index (Phi) is 3.20. The van der Waals surface area contributed by atoms with E-state index in [-0.39, 0.29) is 11.6 Å². The van der Waals surface area contributed by atoms with Gasteiger partial charge < -0.3 is 10.6 Å². The quantitative estimate of drug-likeness (QED) is 0.900. The van der Waals surface area contributed by atoms with E-state index in [1.54, 1.807) is 6.20 Å². The summed E-state index contributed by atoms with van der Waals surface area (Å²) in [5, 5.41) is 10.6. The molecule has 120 valence electrons. The van der Waals surface area contributed by atoms with Crippen molar-refractivity contribution in [3.05, 3.63) is 11.9 Å². The summed E-state index contributed by atoms with van der Waals surface area (Å²) in [5.74, 6) is 2.53. The van der Waals surface area contributed by atoms with Crippen molar-refractivity contribution in [2.24, 2.45) is 17.8 Å². The molecule has 22 heavy (non-hydrogen) atoms. The molecule has 0 aromatic carbocycles. The highest BCUT2D eigenvalue weighted by Crippen LogP contribution is 2.55. The Labute approximate surface area is 131 Å². The van der Waals surface area contributed by atoms with Crippen molar-refractivity contribution < 1.29 is 4.79 Å². The second-order valence-electron chi connectivity index (χ2n) is 7.74. The molecule has 0 spiro atoms. The maximum absolute atomic E-state index is 12.5. The van der Waals surface area contributed by atoms with Crippen LogP contribution >= 0.6 is 0 Å². The van der Waals surface area contributed by atoms with E-state index in [9.17, 15) is 4.79 Å². The number of hydrogen-bond acceptors (Lipinski definition) is 2. The highest BCUT2D eigenvalue weighted by atomic mass is 16.2. The first-order chi connectivity index (χ1) is 10.6. The average molecular weight is 302 g/mol. The molecule has 5 rings (SSSR count). The second kappa shape index (κ2) is 5.00. The number of amides is 2. The molecule has 0 unspecified atom stereocenters. The monoisotopic (exact) mass is 302 g/mol. The molecule has 1 heterocycles. The van der Waals surface area contributed by atoms with Gasteiger partial charge in [-0.05, 0) is 70.1 Å². The summed E-state index contributed by atoms with van der Waals surface area (Å²) in [4.78, 5) is 12.5. The molecule has 4 saturated carbocycles. The summed E-state index contributed by atoms with van der Waals surface area (Å²) < 4.78 is 1.90. The molecule has 5 nitrogen and oxygen atoms in total. The van der Waals surface area contributed by atoms with Crippen LogP contribution in [0.4, 0.5) is 10.5 Å². The molecule has 2 amide bonds. The minimum absolute atomic E-state index is 0.0549. The van der Waals surface area contributed by atoms with Crippen LogP contribution < -0.4 is 10.6 Å². The van der Waals surface area contributed by atoms with Crippen LogP contribution in [0.3, 0.4) is 0 Å². The summed E-state index contributed by atoms with van der Waals surface area (Å²) in [6, 6.07) is -0.0549. The number of anilines is 1. The zero-order chi connectivity index (χ0) is 15.3. The molecule has 0 atom stereocenters. The van der Waals surface area contributed by atoms with E-state index in [1.807, 2.05) is 11.6 Å². The van der Waals surface area contributed by atoms with Gasteiger partial charge in [-0.25, -0.2) is 4.79 Å². The van der Waals surface area contributed by atoms with Crippen LogP contribution in [0.15, 0.2) is 6.20 Å². The van der Waals surface area contributed by atoms with Crippen LogP contribution in [0.25, 0.3) is 0 Å². The average Bonchev–Trinajstić information content (AvgIpc) is 2.77. The van der Waals surface area contributed by atoms with E-state index in [0.717, 1.165) is 35.7 Å².